The number of hydrogen-bond acceptors (Lipinski definition) is 6. The maximum atomic E-state index is 13.7. The highest BCUT2D eigenvalue weighted by Gasteiger charge is 2.51. The van der Waals surface area contributed by atoms with Crippen LogP contribution in [0, 0.1) is 0 Å². The molecule has 8 nitrogen and oxygen atoms in total. The van der Waals surface area contributed by atoms with Gasteiger partial charge in [-0.25, -0.2) is 4.79 Å². The van der Waals surface area contributed by atoms with Crippen molar-refractivity contribution in [1.82, 2.24) is 4.90 Å². The third-order valence-electron chi connectivity index (χ3n) is 8.60. The Bertz CT molecular complexity index is 1650. The summed E-state index contributed by atoms with van der Waals surface area (Å²) in [5, 5.41) is 15.9. The molecular formula is C38H42N2O6Si. The first kappa shape index (κ1) is 33.7. The average Bonchev–Trinajstić information content (AvgIpc) is 3.08. The summed E-state index contributed by atoms with van der Waals surface area (Å²) in [4.78, 5) is 28.2. The third-order valence-corrected chi connectivity index (χ3v) is 13.6. The molecule has 0 saturated carbocycles. The van der Waals surface area contributed by atoms with Gasteiger partial charge >= 0.3 is 6.09 Å². The van der Waals surface area contributed by atoms with E-state index in [0.717, 1.165) is 15.9 Å². The van der Waals surface area contributed by atoms with Crippen LogP contribution in [0.3, 0.4) is 0 Å². The number of nitrogens with one attached hydrogen (secondary N) is 1. The van der Waals surface area contributed by atoms with Crippen LogP contribution in [0.4, 0.5) is 10.5 Å². The number of fused-ring (bicyclic) bond motifs is 1. The number of amides is 2. The van der Waals surface area contributed by atoms with Gasteiger partial charge in [0.05, 0.1) is 25.4 Å². The topological polar surface area (TPSA) is 97.3 Å². The second-order valence-corrected chi connectivity index (χ2v) is 16.8. The molecule has 2 atom stereocenters. The van der Waals surface area contributed by atoms with E-state index in [4.69, 9.17) is 13.9 Å². The average molecular weight is 651 g/mol. The lowest BCUT2D eigenvalue weighted by Crippen LogP contribution is -2.67. The minimum absolute atomic E-state index is 0.0925. The van der Waals surface area contributed by atoms with Gasteiger partial charge in [-0.1, -0.05) is 124 Å². The summed E-state index contributed by atoms with van der Waals surface area (Å²) in [7, 11) is -1.52. The Morgan fingerprint density at radius 2 is 1.51 bits per heavy atom. The number of aliphatic hydroxyl groups is 1. The fourth-order valence-corrected chi connectivity index (χ4v) is 11.0. The molecule has 1 aliphatic rings. The Hall–Kier alpha value is -4.70. The number of benzene rings is 4. The van der Waals surface area contributed by atoms with Crippen LogP contribution in [0.5, 0.6) is 5.75 Å². The second-order valence-electron chi connectivity index (χ2n) is 12.5. The van der Waals surface area contributed by atoms with Gasteiger partial charge in [-0.05, 0) is 32.6 Å². The van der Waals surface area contributed by atoms with Crippen molar-refractivity contribution in [2.75, 3.05) is 25.6 Å². The quantitative estimate of drug-likeness (QED) is 0.150. The van der Waals surface area contributed by atoms with Crippen LogP contribution in [0.15, 0.2) is 116 Å². The number of nitrogens with zero attached hydrogens (tertiary/aromatic N) is 1. The van der Waals surface area contributed by atoms with Gasteiger partial charge in [0, 0.05) is 12.1 Å². The van der Waals surface area contributed by atoms with E-state index in [1.807, 2.05) is 66.7 Å². The van der Waals surface area contributed by atoms with E-state index < -0.39 is 32.5 Å². The Kier molecular flexibility index (Phi) is 10.3. The van der Waals surface area contributed by atoms with Gasteiger partial charge in [0.15, 0.2) is 6.10 Å². The van der Waals surface area contributed by atoms with E-state index in [9.17, 15) is 14.7 Å². The fourth-order valence-electron chi connectivity index (χ4n) is 6.48. The Balaban J connectivity index is 1.58. The number of carbonyl (C=O) groups is 2. The standard InChI is InChI=1S/C38H42N2O6Si/c1-6-24-40-32(26-46-47(38(2,3)4,28-18-12-8-13-19-28)29-20-14-9-15-21-29)33-30(34(41)36(40)42)22-23-31(35(33)44-5)39-37(43)45-25-27-16-10-7-11-17-27/h6-23,32,34,41H,1,24-26H2,2-5H3,(H,39,43)/t32-,34?/m0/s1. The third kappa shape index (κ3) is 6.74. The minimum atomic E-state index is -3.01. The van der Waals surface area contributed by atoms with Crippen LogP contribution in [-0.2, 0) is 20.6 Å². The first-order valence-corrected chi connectivity index (χ1v) is 17.6. The van der Waals surface area contributed by atoms with E-state index >= 15 is 0 Å². The predicted octanol–water partition coefficient (Wildman–Crippen LogP) is 6.12. The van der Waals surface area contributed by atoms with E-state index in [2.05, 4.69) is 56.9 Å². The highest BCUT2D eigenvalue weighted by Crippen LogP contribution is 2.46. The number of methoxy groups -OCH3 is 1. The molecule has 0 spiro atoms. The maximum Gasteiger partial charge on any atom is 0.412 e. The number of ether oxygens (including phenoxy) is 2. The first-order valence-electron chi connectivity index (χ1n) is 15.6. The van der Waals surface area contributed by atoms with Crippen LogP contribution < -0.4 is 20.4 Å². The number of rotatable bonds is 11. The summed E-state index contributed by atoms with van der Waals surface area (Å²) in [5.74, 6) is -0.144. The molecule has 0 fully saturated rings. The lowest BCUT2D eigenvalue weighted by Gasteiger charge is -2.46. The molecule has 2 amide bonds. The van der Waals surface area contributed by atoms with Crippen LogP contribution in [-0.4, -0.2) is 50.6 Å². The monoisotopic (exact) mass is 650 g/mol. The van der Waals surface area contributed by atoms with Gasteiger partial charge in [-0.3, -0.25) is 10.1 Å². The van der Waals surface area contributed by atoms with Gasteiger partial charge in [0.2, 0.25) is 0 Å². The zero-order valence-corrected chi connectivity index (χ0v) is 28.3. The van der Waals surface area contributed by atoms with Gasteiger partial charge in [-0.15, -0.1) is 6.58 Å². The van der Waals surface area contributed by atoms with E-state index in [1.165, 1.54) is 7.11 Å². The van der Waals surface area contributed by atoms with Crippen molar-refractivity contribution in [2.24, 2.45) is 0 Å². The minimum Gasteiger partial charge on any atom is -0.494 e. The van der Waals surface area contributed by atoms with E-state index in [0.29, 0.717) is 22.6 Å². The smallest absolute Gasteiger partial charge is 0.412 e. The molecule has 244 valence electrons. The summed E-state index contributed by atoms with van der Waals surface area (Å²) in [6.07, 6.45) is -0.467. The summed E-state index contributed by atoms with van der Waals surface area (Å²) < 4.78 is 18.7. The molecule has 4 aromatic rings. The molecule has 0 aromatic heterocycles. The van der Waals surface area contributed by atoms with E-state index in [-0.39, 0.29) is 24.8 Å². The summed E-state index contributed by atoms with van der Waals surface area (Å²) >= 11 is 0. The van der Waals surface area contributed by atoms with Crippen LogP contribution in [0.25, 0.3) is 0 Å². The van der Waals surface area contributed by atoms with Gasteiger partial charge < -0.3 is 23.9 Å². The predicted molar refractivity (Wildman–Crippen MR) is 186 cm³/mol. The molecule has 0 aliphatic carbocycles. The SMILES string of the molecule is C=CCN1C(=O)C(O)c2ccc(NC(=O)OCc3ccccc3)c(OC)c2[C@@H]1CO[Si](c1ccccc1)(c1ccccc1)C(C)(C)C. The Labute approximate surface area is 277 Å². The van der Waals surface area contributed by atoms with Crippen molar-refractivity contribution in [3.63, 3.8) is 0 Å². The maximum absolute atomic E-state index is 13.7. The molecule has 4 aromatic carbocycles. The van der Waals surface area contributed by atoms with Crippen molar-refractivity contribution >= 4 is 36.4 Å². The second kappa shape index (κ2) is 14.4. The zero-order valence-electron chi connectivity index (χ0n) is 27.3. The fraction of sp³-hybridized carbons (Fsp3) is 0.263. The van der Waals surface area contributed by atoms with Crippen molar-refractivity contribution in [3.8, 4) is 5.75 Å². The van der Waals surface area contributed by atoms with Gasteiger partial charge in [-0.2, -0.15) is 0 Å². The van der Waals surface area contributed by atoms with Crippen LogP contribution in [0.2, 0.25) is 5.04 Å². The lowest BCUT2D eigenvalue weighted by molar-refractivity contribution is -0.145. The van der Waals surface area contributed by atoms with Gasteiger partial charge in [0.25, 0.3) is 14.2 Å². The highest BCUT2D eigenvalue weighted by molar-refractivity contribution is 6.99. The van der Waals surface area contributed by atoms with Crippen molar-refractivity contribution in [3.05, 3.63) is 132 Å². The molecule has 47 heavy (non-hydrogen) atoms. The van der Waals surface area contributed by atoms with Gasteiger partial charge in [0.1, 0.15) is 12.4 Å². The molecule has 0 saturated heterocycles. The Morgan fingerprint density at radius 3 is 2.04 bits per heavy atom. The molecule has 5 rings (SSSR count). The van der Waals surface area contributed by atoms with Crippen molar-refractivity contribution < 1.29 is 28.6 Å². The molecule has 0 radical (unpaired) electrons. The number of carbonyl (C=O) groups excluding carboxylic acids is 2. The molecule has 0 bridgehead atoms. The molecule has 9 heteroatoms. The largest absolute Gasteiger partial charge is 0.494 e. The lowest BCUT2D eigenvalue weighted by atomic mass is 9.89. The number of aliphatic hydroxyl groups excluding tert-OH is 1. The Morgan fingerprint density at radius 1 is 0.936 bits per heavy atom. The summed E-state index contributed by atoms with van der Waals surface area (Å²) in [5.41, 5.74) is 2.15. The normalized spacial score (nSPS) is 16.3. The zero-order chi connectivity index (χ0) is 33.6. The van der Waals surface area contributed by atoms with Crippen molar-refractivity contribution in [2.45, 2.75) is 44.6 Å². The molecule has 1 unspecified atom stereocenters. The van der Waals surface area contributed by atoms with Crippen LogP contribution >= 0.6 is 0 Å². The summed E-state index contributed by atoms with van der Waals surface area (Å²) in [6, 6.07) is 32.5. The van der Waals surface area contributed by atoms with Crippen molar-refractivity contribution in [1.29, 1.82) is 0 Å². The molecule has 1 heterocycles. The molecule has 2 N–H and O–H groups in total. The molecule has 1 aliphatic heterocycles. The highest BCUT2D eigenvalue weighted by atomic mass is 28.4. The van der Waals surface area contributed by atoms with Crippen LogP contribution in [0.1, 0.15) is 49.6 Å². The number of hydrogen-bond donors (Lipinski definition) is 2. The number of anilines is 1. The summed E-state index contributed by atoms with van der Waals surface area (Å²) in [6.45, 7) is 10.8. The molecular weight excluding hydrogens is 609 g/mol. The first-order chi connectivity index (χ1) is 22.6. The van der Waals surface area contributed by atoms with E-state index in [1.54, 1.807) is 23.1 Å².